The first-order valence-corrected chi connectivity index (χ1v) is 10.4. The number of nitrogens with zero attached hydrogens (tertiary/aromatic N) is 4. The van der Waals surface area contributed by atoms with Gasteiger partial charge in [0.2, 0.25) is 5.95 Å². The highest BCUT2D eigenvalue weighted by atomic mass is 16.2. The number of rotatable bonds is 4. The monoisotopic (exact) mass is 420 g/mol. The van der Waals surface area contributed by atoms with Gasteiger partial charge >= 0.3 is 0 Å². The maximum absolute atomic E-state index is 11.9. The van der Waals surface area contributed by atoms with Crippen LogP contribution in [-0.2, 0) is 0 Å². The standard InChI is InChI=1S/C24H21BN6O/c1-13-10-16(6-8-19(13)17-5-4-14(2)26-12-17)22-29-24(31(25)30-22)28-18-7-9-20-21(11-18)15(3)27-23(20)32/h4-12,15H,1-3H3,(H,27,32)(H,28,29,30). The van der Waals surface area contributed by atoms with Gasteiger partial charge in [-0.3, -0.25) is 14.4 Å². The van der Waals surface area contributed by atoms with Crippen LogP contribution < -0.4 is 10.6 Å². The number of carbonyl (C=O) groups is 1. The summed E-state index contributed by atoms with van der Waals surface area (Å²) in [5.74, 6) is 0.885. The fourth-order valence-electron chi connectivity index (χ4n) is 3.97. The van der Waals surface area contributed by atoms with Crippen LogP contribution in [0.3, 0.4) is 0 Å². The van der Waals surface area contributed by atoms with Crippen molar-refractivity contribution in [3.8, 4) is 22.5 Å². The largest absolute Gasteiger partial charge is 0.345 e. The van der Waals surface area contributed by atoms with Gasteiger partial charge in [-0.05, 0) is 67.8 Å². The summed E-state index contributed by atoms with van der Waals surface area (Å²) in [6.07, 6.45) is 1.88. The van der Waals surface area contributed by atoms with Crippen molar-refractivity contribution in [2.45, 2.75) is 26.8 Å². The van der Waals surface area contributed by atoms with Crippen molar-refractivity contribution < 1.29 is 4.79 Å². The molecule has 1 aliphatic rings. The summed E-state index contributed by atoms with van der Waals surface area (Å²) in [7, 11) is 6.07. The molecule has 8 heteroatoms. The van der Waals surface area contributed by atoms with Crippen LogP contribution in [0.15, 0.2) is 54.7 Å². The molecule has 1 unspecified atom stereocenters. The lowest BCUT2D eigenvalue weighted by molar-refractivity contribution is 0.0958. The summed E-state index contributed by atoms with van der Waals surface area (Å²) in [5.41, 5.74) is 7.56. The van der Waals surface area contributed by atoms with E-state index in [4.69, 9.17) is 7.98 Å². The van der Waals surface area contributed by atoms with E-state index < -0.39 is 0 Å². The lowest BCUT2D eigenvalue weighted by Gasteiger charge is -2.08. The number of aromatic nitrogens is 4. The molecule has 4 aromatic rings. The zero-order chi connectivity index (χ0) is 22.4. The Kier molecular flexibility index (Phi) is 4.77. The summed E-state index contributed by atoms with van der Waals surface area (Å²) in [4.78, 5) is 20.9. The van der Waals surface area contributed by atoms with Crippen LogP contribution >= 0.6 is 0 Å². The van der Waals surface area contributed by atoms with Gasteiger partial charge in [0.25, 0.3) is 13.9 Å². The van der Waals surface area contributed by atoms with Crippen LogP contribution in [0.5, 0.6) is 0 Å². The summed E-state index contributed by atoms with van der Waals surface area (Å²) >= 11 is 0. The van der Waals surface area contributed by atoms with E-state index in [9.17, 15) is 4.79 Å². The smallest absolute Gasteiger partial charge is 0.269 e. The predicted octanol–water partition coefficient (Wildman–Crippen LogP) is 4.10. The molecule has 3 heterocycles. The molecule has 2 radical (unpaired) electrons. The zero-order valence-electron chi connectivity index (χ0n) is 18.0. The first kappa shape index (κ1) is 20.0. The maximum Gasteiger partial charge on any atom is 0.269 e. The molecular formula is C24H21BN6O. The second-order valence-electron chi connectivity index (χ2n) is 8.04. The van der Waals surface area contributed by atoms with Crippen LogP contribution in [0.1, 0.15) is 40.1 Å². The highest BCUT2D eigenvalue weighted by Crippen LogP contribution is 2.30. The van der Waals surface area contributed by atoms with E-state index in [2.05, 4.69) is 38.7 Å². The van der Waals surface area contributed by atoms with Crippen molar-refractivity contribution >= 4 is 25.5 Å². The summed E-state index contributed by atoms with van der Waals surface area (Å²) in [6, 6.07) is 15.7. The molecule has 1 amide bonds. The molecule has 156 valence electrons. The number of nitrogens with one attached hydrogen (secondary N) is 2. The minimum absolute atomic E-state index is 0.0317. The third kappa shape index (κ3) is 3.53. The van der Waals surface area contributed by atoms with Gasteiger partial charge in [0.15, 0.2) is 5.82 Å². The average molecular weight is 420 g/mol. The summed E-state index contributed by atoms with van der Waals surface area (Å²) < 4.78 is 1.22. The molecule has 0 saturated carbocycles. The third-order valence-corrected chi connectivity index (χ3v) is 5.70. The van der Waals surface area contributed by atoms with E-state index in [-0.39, 0.29) is 11.9 Å². The Morgan fingerprint density at radius 1 is 1.03 bits per heavy atom. The number of amides is 1. The quantitative estimate of drug-likeness (QED) is 0.486. The van der Waals surface area contributed by atoms with Gasteiger partial charge in [0, 0.05) is 34.3 Å². The Hall–Kier alpha value is -3.94. The number of hydrogen-bond acceptors (Lipinski definition) is 5. The topological polar surface area (TPSA) is 84.7 Å². The Morgan fingerprint density at radius 3 is 2.56 bits per heavy atom. The average Bonchev–Trinajstić information content (AvgIpc) is 3.27. The lowest BCUT2D eigenvalue weighted by Crippen LogP contribution is -2.16. The van der Waals surface area contributed by atoms with Crippen molar-refractivity contribution in [2.24, 2.45) is 0 Å². The highest BCUT2D eigenvalue weighted by Gasteiger charge is 2.25. The van der Waals surface area contributed by atoms with Crippen LogP contribution in [0.25, 0.3) is 22.5 Å². The number of benzene rings is 2. The Bertz CT molecular complexity index is 1350. The molecule has 5 rings (SSSR count). The number of anilines is 2. The van der Waals surface area contributed by atoms with E-state index in [1.165, 1.54) is 4.59 Å². The molecular weight excluding hydrogens is 399 g/mol. The second-order valence-corrected chi connectivity index (χ2v) is 8.04. The van der Waals surface area contributed by atoms with Crippen molar-refractivity contribution in [3.05, 3.63) is 77.1 Å². The second kappa shape index (κ2) is 7.64. The highest BCUT2D eigenvalue weighted by molar-refractivity contribution is 6.07. The molecule has 2 aromatic heterocycles. The number of fused-ring (bicyclic) bond motifs is 1. The molecule has 0 saturated heterocycles. The number of pyridine rings is 1. The summed E-state index contributed by atoms with van der Waals surface area (Å²) in [6.45, 7) is 5.98. The van der Waals surface area contributed by atoms with E-state index in [0.717, 1.165) is 39.2 Å². The Labute approximate surface area is 187 Å². The van der Waals surface area contributed by atoms with Gasteiger partial charge in [-0.15, -0.1) is 0 Å². The third-order valence-electron chi connectivity index (χ3n) is 5.70. The van der Waals surface area contributed by atoms with E-state index >= 15 is 0 Å². The van der Waals surface area contributed by atoms with Gasteiger partial charge in [0.1, 0.15) is 0 Å². The van der Waals surface area contributed by atoms with Gasteiger partial charge < -0.3 is 10.6 Å². The lowest BCUT2D eigenvalue weighted by atomic mass is 9.99. The molecule has 0 spiro atoms. The first-order valence-electron chi connectivity index (χ1n) is 10.4. The first-order chi connectivity index (χ1) is 15.4. The minimum atomic E-state index is -0.0523. The van der Waals surface area contributed by atoms with E-state index in [0.29, 0.717) is 17.3 Å². The fraction of sp³-hybridized carbons (Fsp3) is 0.167. The Balaban J connectivity index is 1.41. The van der Waals surface area contributed by atoms with Gasteiger partial charge in [0.05, 0.1) is 6.04 Å². The number of carbonyl (C=O) groups excluding carboxylic acids is 1. The summed E-state index contributed by atoms with van der Waals surface area (Å²) in [5, 5.41) is 10.5. The molecule has 7 nitrogen and oxygen atoms in total. The normalized spacial score (nSPS) is 14.8. The minimum Gasteiger partial charge on any atom is -0.345 e. The number of hydrogen-bond donors (Lipinski definition) is 2. The van der Waals surface area contributed by atoms with Crippen molar-refractivity contribution in [1.82, 2.24) is 25.0 Å². The Morgan fingerprint density at radius 2 is 1.81 bits per heavy atom. The molecule has 32 heavy (non-hydrogen) atoms. The molecule has 2 N–H and O–H groups in total. The molecule has 1 atom stereocenters. The van der Waals surface area contributed by atoms with Gasteiger partial charge in [-0.1, -0.05) is 18.2 Å². The molecule has 0 bridgehead atoms. The van der Waals surface area contributed by atoms with Crippen molar-refractivity contribution in [2.75, 3.05) is 5.32 Å². The molecule has 0 fully saturated rings. The fourth-order valence-corrected chi connectivity index (χ4v) is 3.97. The maximum atomic E-state index is 11.9. The zero-order valence-corrected chi connectivity index (χ0v) is 18.0. The van der Waals surface area contributed by atoms with Crippen LogP contribution in [0.2, 0.25) is 0 Å². The van der Waals surface area contributed by atoms with E-state index in [1.54, 1.807) is 6.07 Å². The molecule has 2 aromatic carbocycles. The van der Waals surface area contributed by atoms with Crippen LogP contribution in [0, 0.1) is 13.8 Å². The predicted molar refractivity (Wildman–Crippen MR) is 125 cm³/mol. The van der Waals surface area contributed by atoms with Crippen LogP contribution in [0.4, 0.5) is 11.6 Å². The van der Waals surface area contributed by atoms with Gasteiger partial charge in [-0.2, -0.15) is 10.1 Å². The molecule has 0 aliphatic carbocycles. The van der Waals surface area contributed by atoms with E-state index in [1.807, 2.05) is 56.4 Å². The molecule has 1 aliphatic heterocycles. The van der Waals surface area contributed by atoms with Crippen LogP contribution in [-0.4, -0.2) is 33.5 Å². The van der Waals surface area contributed by atoms with Gasteiger partial charge in [-0.25, -0.2) is 0 Å². The SMILES string of the molecule is [B]n1nc(-c2ccc(-c3ccc(C)nc3)c(C)c2)nc1Nc1ccc2c(c1)C(C)NC2=O. The van der Waals surface area contributed by atoms with Crippen molar-refractivity contribution in [1.29, 1.82) is 0 Å². The number of aryl methyl sites for hydroxylation is 2. The van der Waals surface area contributed by atoms with Crippen molar-refractivity contribution in [3.63, 3.8) is 0 Å².